The molecule has 0 aliphatic rings. The molecule has 0 aromatic carbocycles. The van der Waals surface area contributed by atoms with Gasteiger partial charge in [0.25, 0.3) is 0 Å². The number of amides is 1. The van der Waals surface area contributed by atoms with Crippen LogP contribution in [0.5, 0.6) is 0 Å². The van der Waals surface area contributed by atoms with Crippen molar-refractivity contribution in [3.8, 4) is 0 Å². The zero-order chi connectivity index (χ0) is 15.2. The number of aromatic nitrogens is 1. The van der Waals surface area contributed by atoms with Gasteiger partial charge >= 0.3 is 12.1 Å². The highest BCUT2D eigenvalue weighted by atomic mass is 32.1. The minimum absolute atomic E-state index is 0.176. The van der Waals surface area contributed by atoms with Crippen molar-refractivity contribution < 1.29 is 31.5 Å². The van der Waals surface area contributed by atoms with Gasteiger partial charge in [0.05, 0.1) is 13.2 Å². The van der Waals surface area contributed by atoms with Gasteiger partial charge in [-0.1, -0.05) is 0 Å². The fourth-order valence-corrected chi connectivity index (χ4v) is 1.61. The predicted molar refractivity (Wildman–Crippen MR) is 60.4 cm³/mol. The summed E-state index contributed by atoms with van der Waals surface area (Å²) in [4.78, 5) is 15.1. The van der Waals surface area contributed by atoms with Gasteiger partial charge in [-0.05, 0) is 0 Å². The van der Waals surface area contributed by atoms with Crippen LogP contribution in [-0.2, 0) is 16.1 Å². The van der Waals surface area contributed by atoms with Crippen molar-refractivity contribution >= 4 is 17.2 Å². The molecule has 0 saturated heterocycles. The maximum absolute atomic E-state index is 12.4. The standard InChI is InChI=1S/C10H11F5N2O2S/c11-9(12,10(13,14)15)6-19-3-1-7(18)17-5-8-16-2-4-20-8/h2,4H,1,3,5-6H2,(H,17,18). The highest BCUT2D eigenvalue weighted by Crippen LogP contribution is 2.35. The van der Waals surface area contributed by atoms with E-state index in [0.29, 0.717) is 5.01 Å². The topological polar surface area (TPSA) is 51.2 Å². The molecule has 1 aromatic rings. The molecule has 0 fully saturated rings. The zero-order valence-electron chi connectivity index (χ0n) is 10.0. The second-order valence-corrected chi connectivity index (χ2v) is 4.69. The average molecular weight is 318 g/mol. The Hall–Kier alpha value is -1.29. The Labute approximate surface area is 114 Å². The molecule has 1 rings (SSSR count). The van der Waals surface area contributed by atoms with Gasteiger partial charge in [0.15, 0.2) is 0 Å². The molecule has 0 bridgehead atoms. The number of rotatable bonds is 7. The van der Waals surface area contributed by atoms with Crippen LogP contribution in [0, 0.1) is 0 Å². The van der Waals surface area contributed by atoms with Crippen molar-refractivity contribution in [1.82, 2.24) is 10.3 Å². The summed E-state index contributed by atoms with van der Waals surface area (Å²) in [6.07, 6.45) is -4.41. The molecule has 0 unspecified atom stereocenters. The first-order valence-corrected chi connectivity index (χ1v) is 6.28. The molecule has 0 spiro atoms. The first-order valence-electron chi connectivity index (χ1n) is 5.40. The van der Waals surface area contributed by atoms with Crippen LogP contribution in [0.15, 0.2) is 11.6 Å². The number of nitrogens with zero attached hydrogens (tertiary/aromatic N) is 1. The van der Waals surface area contributed by atoms with E-state index >= 15 is 0 Å². The van der Waals surface area contributed by atoms with E-state index in [-0.39, 0.29) is 13.0 Å². The normalized spacial score (nSPS) is 12.4. The van der Waals surface area contributed by atoms with E-state index in [4.69, 9.17) is 0 Å². The van der Waals surface area contributed by atoms with Gasteiger partial charge in [-0.2, -0.15) is 22.0 Å². The van der Waals surface area contributed by atoms with Crippen molar-refractivity contribution in [3.05, 3.63) is 16.6 Å². The summed E-state index contributed by atoms with van der Waals surface area (Å²) in [5.41, 5.74) is 0. The second-order valence-electron chi connectivity index (χ2n) is 3.71. The molecule has 114 valence electrons. The number of thiazole rings is 1. The molecule has 10 heteroatoms. The molecule has 0 aliphatic heterocycles. The Morgan fingerprint density at radius 1 is 1.35 bits per heavy atom. The van der Waals surface area contributed by atoms with Gasteiger partial charge in [0.1, 0.15) is 11.6 Å². The Bertz CT molecular complexity index is 422. The maximum atomic E-state index is 12.4. The minimum Gasteiger partial charge on any atom is -0.374 e. The molecular formula is C10H11F5N2O2S. The lowest BCUT2D eigenvalue weighted by Gasteiger charge is -2.19. The van der Waals surface area contributed by atoms with E-state index in [9.17, 15) is 26.7 Å². The van der Waals surface area contributed by atoms with E-state index in [1.165, 1.54) is 11.3 Å². The van der Waals surface area contributed by atoms with Crippen molar-refractivity contribution in [3.63, 3.8) is 0 Å². The van der Waals surface area contributed by atoms with Crippen LogP contribution in [-0.4, -0.2) is 36.2 Å². The zero-order valence-corrected chi connectivity index (χ0v) is 10.9. The molecule has 1 amide bonds. The smallest absolute Gasteiger partial charge is 0.374 e. The van der Waals surface area contributed by atoms with Crippen molar-refractivity contribution in [2.24, 2.45) is 0 Å². The summed E-state index contributed by atoms with van der Waals surface area (Å²) >= 11 is 1.32. The van der Waals surface area contributed by atoms with E-state index in [2.05, 4.69) is 15.0 Å². The number of hydrogen-bond donors (Lipinski definition) is 1. The molecule has 4 nitrogen and oxygen atoms in total. The maximum Gasteiger partial charge on any atom is 0.455 e. The number of carbonyl (C=O) groups excluding carboxylic acids is 1. The lowest BCUT2D eigenvalue weighted by Crippen LogP contribution is -2.41. The highest BCUT2D eigenvalue weighted by molar-refractivity contribution is 7.09. The van der Waals surface area contributed by atoms with E-state index in [1.807, 2.05) is 0 Å². The second kappa shape index (κ2) is 6.93. The molecule has 0 radical (unpaired) electrons. The fourth-order valence-electron chi connectivity index (χ4n) is 1.05. The molecule has 20 heavy (non-hydrogen) atoms. The van der Waals surface area contributed by atoms with Crippen LogP contribution in [0.2, 0.25) is 0 Å². The quantitative estimate of drug-likeness (QED) is 0.620. The molecule has 1 N–H and O–H groups in total. The average Bonchev–Trinajstić information content (AvgIpc) is 2.83. The van der Waals surface area contributed by atoms with Crippen LogP contribution in [0.1, 0.15) is 11.4 Å². The number of halogens is 5. The minimum atomic E-state index is -5.65. The van der Waals surface area contributed by atoms with Crippen LogP contribution in [0.3, 0.4) is 0 Å². The highest BCUT2D eigenvalue weighted by Gasteiger charge is 2.57. The molecule has 0 aliphatic carbocycles. The molecule has 1 heterocycles. The first-order chi connectivity index (χ1) is 9.22. The Kier molecular flexibility index (Phi) is 5.81. The van der Waals surface area contributed by atoms with Crippen LogP contribution < -0.4 is 5.32 Å². The number of alkyl halides is 5. The number of hydrogen-bond acceptors (Lipinski definition) is 4. The molecule has 0 atom stereocenters. The van der Waals surface area contributed by atoms with Crippen molar-refractivity contribution in [2.45, 2.75) is 25.1 Å². The van der Waals surface area contributed by atoms with Gasteiger partial charge in [-0.15, -0.1) is 11.3 Å². The predicted octanol–water partition coefficient (Wildman–Crippen LogP) is 2.36. The Balaban J connectivity index is 2.16. The van der Waals surface area contributed by atoms with Gasteiger partial charge in [0, 0.05) is 18.0 Å². The van der Waals surface area contributed by atoms with Crippen LogP contribution in [0.4, 0.5) is 22.0 Å². The van der Waals surface area contributed by atoms with E-state index in [1.54, 1.807) is 11.6 Å². The summed E-state index contributed by atoms with van der Waals surface area (Å²) in [7, 11) is 0. The number of carbonyl (C=O) groups is 1. The third-order valence-electron chi connectivity index (χ3n) is 2.09. The lowest BCUT2D eigenvalue weighted by molar-refractivity contribution is -0.296. The molecule has 1 aromatic heterocycles. The van der Waals surface area contributed by atoms with E-state index in [0.717, 1.165) is 0 Å². The SMILES string of the molecule is O=C(CCOCC(F)(F)C(F)(F)F)NCc1nccs1. The largest absolute Gasteiger partial charge is 0.455 e. The van der Waals surface area contributed by atoms with Crippen molar-refractivity contribution in [1.29, 1.82) is 0 Å². The number of ether oxygens (including phenoxy) is 1. The Morgan fingerprint density at radius 2 is 2.05 bits per heavy atom. The summed E-state index contributed by atoms with van der Waals surface area (Å²) in [6, 6.07) is 0. The Morgan fingerprint density at radius 3 is 2.60 bits per heavy atom. The summed E-state index contributed by atoms with van der Waals surface area (Å²) in [5.74, 6) is -5.43. The van der Waals surface area contributed by atoms with Gasteiger partial charge < -0.3 is 10.1 Å². The first kappa shape index (κ1) is 16.8. The summed E-state index contributed by atoms with van der Waals surface area (Å²) in [5, 5.41) is 4.80. The van der Waals surface area contributed by atoms with Gasteiger partial charge in [-0.3, -0.25) is 4.79 Å². The monoisotopic (exact) mass is 318 g/mol. The van der Waals surface area contributed by atoms with Crippen molar-refractivity contribution in [2.75, 3.05) is 13.2 Å². The molecular weight excluding hydrogens is 307 g/mol. The van der Waals surface area contributed by atoms with Crippen LogP contribution >= 0.6 is 11.3 Å². The third kappa shape index (κ3) is 5.37. The van der Waals surface area contributed by atoms with Crippen LogP contribution in [0.25, 0.3) is 0 Å². The van der Waals surface area contributed by atoms with Gasteiger partial charge in [-0.25, -0.2) is 4.98 Å². The lowest BCUT2D eigenvalue weighted by atomic mass is 10.3. The van der Waals surface area contributed by atoms with E-state index < -0.39 is 31.2 Å². The number of nitrogens with one attached hydrogen (secondary N) is 1. The fraction of sp³-hybridized carbons (Fsp3) is 0.600. The van der Waals surface area contributed by atoms with Gasteiger partial charge in [0.2, 0.25) is 5.91 Å². The summed E-state index contributed by atoms with van der Waals surface area (Å²) < 4.78 is 64.4. The summed E-state index contributed by atoms with van der Waals surface area (Å²) in [6.45, 7) is -2.14. The molecule has 0 saturated carbocycles. The third-order valence-corrected chi connectivity index (χ3v) is 2.87.